The number of aliphatic hydroxyl groups is 1. The van der Waals surface area contributed by atoms with Crippen molar-refractivity contribution in [3.63, 3.8) is 0 Å². The van der Waals surface area contributed by atoms with E-state index in [9.17, 15) is 9.90 Å². The van der Waals surface area contributed by atoms with E-state index < -0.39 is 0 Å². The summed E-state index contributed by atoms with van der Waals surface area (Å²) in [5.41, 5.74) is 5.80. The summed E-state index contributed by atoms with van der Waals surface area (Å²) in [5.74, 6) is -0.0766. The summed E-state index contributed by atoms with van der Waals surface area (Å²) in [5, 5.41) is 12.2. The van der Waals surface area contributed by atoms with Gasteiger partial charge in [0.25, 0.3) is 5.91 Å². The summed E-state index contributed by atoms with van der Waals surface area (Å²) in [4.78, 5) is 15.4. The highest BCUT2D eigenvalue weighted by Crippen LogP contribution is 2.16. The van der Waals surface area contributed by atoms with Crippen LogP contribution in [0.3, 0.4) is 0 Å². The van der Waals surface area contributed by atoms with Gasteiger partial charge in [0.15, 0.2) is 0 Å². The third-order valence-corrected chi connectivity index (χ3v) is 2.67. The minimum Gasteiger partial charge on any atom is -0.393 e. The molecule has 0 aliphatic carbocycles. The number of aliphatic hydroxyl groups excluding tert-OH is 1. The van der Waals surface area contributed by atoms with Crippen molar-refractivity contribution < 1.29 is 9.90 Å². The van der Waals surface area contributed by atoms with Crippen LogP contribution in [0.25, 0.3) is 0 Å². The lowest BCUT2D eigenvalue weighted by Crippen LogP contribution is -2.27. The maximum absolute atomic E-state index is 11.6. The van der Waals surface area contributed by atoms with E-state index in [0.29, 0.717) is 24.9 Å². The Morgan fingerprint density at radius 2 is 2.41 bits per heavy atom. The van der Waals surface area contributed by atoms with Gasteiger partial charge in [-0.3, -0.25) is 4.79 Å². The molecule has 0 aliphatic heterocycles. The fourth-order valence-corrected chi connectivity index (χ4v) is 1.40. The van der Waals surface area contributed by atoms with E-state index in [0.717, 1.165) is 0 Å². The predicted octanol–water partition coefficient (Wildman–Crippen LogP) is 1.21. The topological polar surface area (TPSA) is 88.2 Å². The van der Waals surface area contributed by atoms with E-state index in [-0.39, 0.29) is 22.9 Å². The lowest BCUT2D eigenvalue weighted by Gasteiger charge is -2.09. The number of nitrogens with two attached hydrogens (primary N) is 1. The Balaban J connectivity index is 2.50. The van der Waals surface area contributed by atoms with Crippen LogP contribution in [0.4, 0.5) is 5.82 Å². The van der Waals surface area contributed by atoms with Gasteiger partial charge in [-0.15, -0.1) is 0 Å². The normalized spacial score (nSPS) is 12.2. The Kier molecular flexibility index (Phi) is 5.18. The Bertz CT molecular complexity index is 398. The van der Waals surface area contributed by atoms with Crippen LogP contribution in [0.5, 0.6) is 0 Å². The maximum Gasteiger partial charge on any atom is 0.252 e. The van der Waals surface area contributed by atoms with Gasteiger partial charge in [0.1, 0.15) is 5.82 Å². The molecule has 94 valence electrons. The summed E-state index contributed by atoms with van der Waals surface area (Å²) in [6.07, 6.45) is 2.18. The molecule has 0 radical (unpaired) electrons. The number of nitrogens with zero attached hydrogens (tertiary/aromatic N) is 1. The monoisotopic (exact) mass is 257 g/mol. The van der Waals surface area contributed by atoms with Crippen molar-refractivity contribution in [1.29, 1.82) is 0 Å². The Labute approximate surface area is 105 Å². The van der Waals surface area contributed by atoms with Crippen LogP contribution in [0.1, 0.15) is 30.1 Å². The molecule has 1 heterocycles. The van der Waals surface area contributed by atoms with Crippen LogP contribution in [0.15, 0.2) is 12.3 Å². The van der Waals surface area contributed by atoms with Crippen molar-refractivity contribution in [1.82, 2.24) is 10.3 Å². The third-order valence-electron chi connectivity index (χ3n) is 2.37. The molecular formula is C11H16ClN3O2. The lowest BCUT2D eigenvalue weighted by atomic mass is 10.2. The summed E-state index contributed by atoms with van der Waals surface area (Å²) in [7, 11) is 0. The number of anilines is 1. The molecule has 0 saturated carbocycles. The first-order valence-electron chi connectivity index (χ1n) is 5.41. The van der Waals surface area contributed by atoms with Gasteiger partial charge in [0.2, 0.25) is 0 Å². The first-order valence-corrected chi connectivity index (χ1v) is 5.79. The molecule has 17 heavy (non-hydrogen) atoms. The zero-order chi connectivity index (χ0) is 12.8. The first-order chi connectivity index (χ1) is 8.04. The number of aromatic nitrogens is 1. The highest BCUT2D eigenvalue weighted by molar-refractivity contribution is 6.33. The molecule has 1 aromatic rings. The molecule has 5 nitrogen and oxygen atoms in total. The van der Waals surface area contributed by atoms with Gasteiger partial charge in [-0.1, -0.05) is 18.5 Å². The van der Waals surface area contributed by atoms with Gasteiger partial charge in [-0.05, 0) is 18.9 Å². The lowest BCUT2D eigenvalue weighted by molar-refractivity contribution is 0.0941. The van der Waals surface area contributed by atoms with Crippen LogP contribution in [-0.4, -0.2) is 28.6 Å². The van der Waals surface area contributed by atoms with Crippen LogP contribution < -0.4 is 11.1 Å². The van der Waals surface area contributed by atoms with E-state index >= 15 is 0 Å². The largest absolute Gasteiger partial charge is 0.393 e. The minimum absolute atomic E-state index is 0.199. The van der Waals surface area contributed by atoms with Gasteiger partial charge in [-0.25, -0.2) is 4.98 Å². The van der Waals surface area contributed by atoms with E-state index in [2.05, 4.69) is 10.3 Å². The van der Waals surface area contributed by atoms with Gasteiger partial charge in [-0.2, -0.15) is 0 Å². The highest BCUT2D eigenvalue weighted by atomic mass is 35.5. The molecule has 1 atom stereocenters. The Hall–Kier alpha value is -1.33. The highest BCUT2D eigenvalue weighted by Gasteiger charge is 2.09. The number of amides is 1. The zero-order valence-electron chi connectivity index (χ0n) is 9.61. The Morgan fingerprint density at radius 3 is 3.00 bits per heavy atom. The second kappa shape index (κ2) is 6.42. The summed E-state index contributed by atoms with van der Waals surface area (Å²) >= 11 is 5.76. The zero-order valence-corrected chi connectivity index (χ0v) is 10.4. The van der Waals surface area contributed by atoms with Crippen molar-refractivity contribution in [2.24, 2.45) is 0 Å². The van der Waals surface area contributed by atoms with E-state index in [1.807, 2.05) is 6.92 Å². The quantitative estimate of drug-likeness (QED) is 0.740. The second-order valence-corrected chi connectivity index (χ2v) is 4.10. The van der Waals surface area contributed by atoms with E-state index in [1.54, 1.807) is 0 Å². The first kappa shape index (κ1) is 13.7. The number of hydrogen-bond donors (Lipinski definition) is 3. The molecule has 0 aromatic carbocycles. The van der Waals surface area contributed by atoms with Crippen molar-refractivity contribution in [2.45, 2.75) is 25.9 Å². The van der Waals surface area contributed by atoms with Crippen LogP contribution in [-0.2, 0) is 0 Å². The molecule has 0 spiro atoms. The number of carbonyl (C=O) groups is 1. The number of nitrogen functional groups attached to an aromatic ring is 1. The predicted molar refractivity (Wildman–Crippen MR) is 66.9 cm³/mol. The van der Waals surface area contributed by atoms with Gasteiger partial charge in [0.05, 0.1) is 16.7 Å². The van der Waals surface area contributed by atoms with E-state index in [4.69, 9.17) is 17.3 Å². The number of pyridine rings is 1. The van der Waals surface area contributed by atoms with Crippen LogP contribution >= 0.6 is 11.6 Å². The van der Waals surface area contributed by atoms with Gasteiger partial charge in [0, 0.05) is 12.7 Å². The molecule has 1 aromatic heterocycles. The molecule has 0 fully saturated rings. The average Bonchev–Trinajstić information content (AvgIpc) is 2.32. The molecular weight excluding hydrogens is 242 g/mol. The fraction of sp³-hybridized carbons (Fsp3) is 0.455. The fourth-order valence-electron chi connectivity index (χ4n) is 1.23. The molecule has 1 unspecified atom stereocenters. The van der Waals surface area contributed by atoms with Gasteiger partial charge >= 0.3 is 0 Å². The summed E-state index contributed by atoms with van der Waals surface area (Å²) < 4.78 is 0. The third kappa shape index (κ3) is 4.20. The molecule has 0 bridgehead atoms. The standard InChI is InChI=1S/C11H16ClN3O2/c1-2-8(16)3-4-14-11(17)7-5-9(12)10(13)15-6-7/h5-6,8,16H,2-4H2,1H3,(H2,13,15)(H,14,17). The van der Waals surface area contributed by atoms with Crippen molar-refractivity contribution in [3.8, 4) is 0 Å². The smallest absolute Gasteiger partial charge is 0.252 e. The number of rotatable bonds is 5. The summed E-state index contributed by atoms with van der Waals surface area (Å²) in [6.45, 7) is 2.30. The van der Waals surface area contributed by atoms with Crippen molar-refractivity contribution in [3.05, 3.63) is 22.8 Å². The summed E-state index contributed by atoms with van der Waals surface area (Å²) in [6, 6.07) is 1.47. The van der Waals surface area contributed by atoms with Gasteiger partial charge < -0.3 is 16.2 Å². The van der Waals surface area contributed by atoms with Crippen molar-refractivity contribution in [2.75, 3.05) is 12.3 Å². The number of carbonyl (C=O) groups excluding carboxylic acids is 1. The van der Waals surface area contributed by atoms with Crippen LogP contribution in [0.2, 0.25) is 5.02 Å². The Morgan fingerprint density at radius 1 is 1.71 bits per heavy atom. The SMILES string of the molecule is CCC(O)CCNC(=O)c1cnc(N)c(Cl)c1. The average molecular weight is 258 g/mol. The van der Waals surface area contributed by atoms with Crippen molar-refractivity contribution >= 4 is 23.3 Å². The number of nitrogens with one attached hydrogen (secondary N) is 1. The molecule has 1 amide bonds. The second-order valence-electron chi connectivity index (χ2n) is 3.70. The maximum atomic E-state index is 11.6. The van der Waals surface area contributed by atoms with Crippen LogP contribution in [0, 0.1) is 0 Å². The molecule has 0 saturated heterocycles. The van der Waals surface area contributed by atoms with E-state index in [1.165, 1.54) is 12.3 Å². The molecule has 1 rings (SSSR count). The molecule has 6 heteroatoms. The number of halogens is 1. The molecule has 0 aliphatic rings. The number of hydrogen-bond acceptors (Lipinski definition) is 4. The minimum atomic E-state index is -0.386. The molecule has 4 N–H and O–H groups in total.